The smallest absolute Gasteiger partial charge is 0.220 e. The SMILES string of the molecule is CCO[C@@H](c1cnc(C)cn1)[C@@H](C)S(=O)(=O)N(Cc1ccc(C)cc1)Cc1ccc(OC)cc1.CCO[C@@H](c1cnc(C)cn1)[C@H](C)S(=O)(=O)N(Cc1ccc(C)cc1)Cc1ccc(OC)cc1.CCO[C@H](c1cnc(C)cn1)[C@@H](C)S(=O)(=O)N(Cc1ccc(C)cc1)Cc1ccc(OC)cc1.CCO[C@H](c1cnc(C)cn1)[C@H](C)S(=O)(=O)N(Cc1ccc(C)cc1)Cc1ccc(OC)cc1. The van der Waals surface area contributed by atoms with Crippen molar-refractivity contribution in [1.29, 1.82) is 0 Å². The molecule has 0 amide bonds. The molecule has 0 unspecified atom stereocenters. The lowest BCUT2D eigenvalue weighted by Crippen LogP contribution is -2.40. The van der Waals surface area contributed by atoms with Crippen LogP contribution in [0.1, 0.15) is 192 Å². The number of aryl methyl sites for hydroxylation is 8. The van der Waals surface area contributed by atoms with Crippen LogP contribution in [0, 0.1) is 55.4 Å². The minimum absolute atomic E-state index is 0.225. The first kappa shape index (κ1) is 108. The highest BCUT2D eigenvalue weighted by Crippen LogP contribution is 2.36. The van der Waals surface area contributed by atoms with Crippen LogP contribution in [0.2, 0.25) is 0 Å². The highest BCUT2D eigenvalue weighted by Gasteiger charge is 2.42. The van der Waals surface area contributed by atoms with Crippen LogP contribution in [0.5, 0.6) is 23.0 Å². The summed E-state index contributed by atoms with van der Waals surface area (Å²) in [5.41, 5.74) is 16.7. The third-order valence-electron chi connectivity index (χ3n) is 22.8. The summed E-state index contributed by atoms with van der Waals surface area (Å²) >= 11 is 0. The monoisotopic (exact) mass is 1930 g/mol. The van der Waals surface area contributed by atoms with Crippen molar-refractivity contribution in [2.75, 3.05) is 54.9 Å². The molecular weight excluding hydrogens is 1800 g/mol. The van der Waals surface area contributed by atoms with E-state index < -0.39 is 85.5 Å². The predicted octanol–water partition coefficient (Wildman–Crippen LogP) is 18.4. The maximum absolute atomic E-state index is 14.0. The minimum Gasteiger partial charge on any atom is -0.497 e. The van der Waals surface area contributed by atoms with E-state index in [2.05, 4.69) is 39.9 Å². The molecule has 0 spiro atoms. The Labute approximate surface area is 805 Å². The second kappa shape index (κ2) is 52.3. The first-order valence-corrected chi connectivity index (χ1v) is 51.3. The van der Waals surface area contributed by atoms with Crippen molar-refractivity contribution in [2.24, 2.45) is 0 Å². The Bertz CT molecular complexity index is 5350. The van der Waals surface area contributed by atoms with Crippen molar-refractivity contribution in [1.82, 2.24) is 57.1 Å². The molecular formula is C104H132N12O16S4. The lowest BCUT2D eigenvalue weighted by atomic mass is 10.1. The van der Waals surface area contributed by atoms with Gasteiger partial charge in [0, 0.05) is 104 Å². The number of hydrogen-bond donors (Lipinski definition) is 0. The largest absolute Gasteiger partial charge is 0.497 e. The van der Waals surface area contributed by atoms with Gasteiger partial charge in [-0.15, -0.1) is 0 Å². The van der Waals surface area contributed by atoms with Gasteiger partial charge in [-0.2, -0.15) is 17.2 Å². The third-order valence-corrected chi connectivity index (χ3v) is 31.4. The zero-order chi connectivity index (χ0) is 98.9. The number of aromatic nitrogens is 8. The molecule has 0 aliphatic carbocycles. The van der Waals surface area contributed by atoms with Gasteiger partial charge < -0.3 is 37.9 Å². The van der Waals surface area contributed by atoms with Crippen molar-refractivity contribution < 1.29 is 71.6 Å². The molecule has 12 aromatic rings. The predicted molar refractivity (Wildman–Crippen MR) is 532 cm³/mol. The van der Waals surface area contributed by atoms with Gasteiger partial charge in [-0.05, 0) is 204 Å². The molecule has 28 nitrogen and oxygen atoms in total. The minimum atomic E-state index is -3.79. The maximum Gasteiger partial charge on any atom is 0.220 e. The second-order valence-electron chi connectivity index (χ2n) is 33.2. The molecule has 0 N–H and O–H groups in total. The molecule has 0 saturated heterocycles. The summed E-state index contributed by atoms with van der Waals surface area (Å²) in [4.78, 5) is 34.8. The van der Waals surface area contributed by atoms with Crippen molar-refractivity contribution in [3.05, 3.63) is 356 Å². The van der Waals surface area contributed by atoms with E-state index in [9.17, 15) is 33.7 Å². The number of rotatable bonds is 44. The fraction of sp³-hybridized carbons (Fsp3) is 0.385. The van der Waals surface area contributed by atoms with Gasteiger partial charge in [0.25, 0.3) is 0 Å². The highest BCUT2D eigenvalue weighted by molar-refractivity contribution is 7.90. The molecule has 0 bridgehead atoms. The van der Waals surface area contributed by atoms with Gasteiger partial charge in [0.05, 0.1) is 98.8 Å². The van der Waals surface area contributed by atoms with Crippen LogP contribution >= 0.6 is 0 Å². The Morgan fingerprint density at radius 2 is 0.375 bits per heavy atom. The second-order valence-corrected chi connectivity index (χ2v) is 42.4. The lowest BCUT2D eigenvalue weighted by molar-refractivity contribution is 0.0572. The maximum atomic E-state index is 14.0. The average molecular weight is 1930 g/mol. The van der Waals surface area contributed by atoms with Crippen LogP contribution in [-0.4, -0.2) is 167 Å². The molecule has 0 radical (unpaired) electrons. The quantitative estimate of drug-likeness (QED) is 0.0342. The molecule has 0 fully saturated rings. The number of benzene rings is 8. The molecule has 136 heavy (non-hydrogen) atoms. The molecule has 728 valence electrons. The third kappa shape index (κ3) is 31.4. The van der Waals surface area contributed by atoms with Crippen LogP contribution < -0.4 is 18.9 Å². The van der Waals surface area contributed by atoms with E-state index in [4.69, 9.17) is 37.9 Å². The van der Waals surface area contributed by atoms with Crippen molar-refractivity contribution in [2.45, 2.75) is 209 Å². The zero-order valence-electron chi connectivity index (χ0n) is 81.7. The molecule has 32 heteroatoms. The van der Waals surface area contributed by atoms with Gasteiger partial charge in [-0.3, -0.25) is 39.9 Å². The van der Waals surface area contributed by atoms with E-state index in [1.165, 1.54) is 17.2 Å². The van der Waals surface area contributed by atoms with Gasteiger partial charge in [-0.1, -0.05) is 168 Å². The Balaban J connectivity index is 0.000000203. The van der Waals surface area contributed by atoms with E-state index >= 15 is 0 Å². The Morgan fingerprint density at radius 3 is 0.500 bits per heavy atom. The number of ether oxygens (including phenoxy) is 8. The summed E-state index contributed by atoms with van der Waals surface area (Å²) < 4.78 is 162. The van der Waals surface area contributed by atoms with E-state index in [1.54, 1.807) is 106 Å². The van der Waals surface area contributed by atoms with E-state index in [1.807, 2.05) is 277 Å². The molecule has 12 rings (SSSR count). The number of hydrogen-bond acceptors (Lipinski definition) is 24. The van der Waals surface area contributed by atoms with Crippen molar-refractivity contribution in [3.8, 4) is 23.0 Å². The van der Waals surface area contributed by atoms with Gasteiger partial charge in [-0.25, -0.2) is 33.7 Å². The van der Waals surface area contributed by atoms with Crippen molar-refractivity contribution in [3.63, 3.8) is 0 Å². The highest BCUT2D eigenvalue weighted by atomic mass is 32.2. The number of nitrogens with zero attached hydrogens (tertiary/aromatic N) is 12. The zero-order valence-corrected chi connectivity index (χ0v) is 85.0. The van der Waals surface area contributed by atoms with Crippen LogP contribution in [0.3, 0.4) is 0 Å². The van der Waals surface area contributed by atoms with E-state index in [0.29, 0.717) is 49.2 Å². The summed E-state index contributed by atoms with van der Waals surface area (Å²) in [5.74, 6) is 2.89. The summed E-state index contributed by atoms with van der Waals surface area (Å²) in [6.45, 7) is 32.8. The Morgan fingerprint density at radius 1 is 0.228 bits per heavy atom. The van der Waals surface area contributed by atoms with E-state index in [-0.39, 0.29) is 52.4 Å². The van der Waals surface area contributed by atoms with Crippen LogP contribution in [0.15, 0.2) is 244 Å². The Hall–Kier alpha value is -11.2. The van der Waals surface area contributed by atoms with Gasteiger partial charge in [0.1, 0.15) is 68.4 Å². The summed E-state index contributed by atoms with van der Waals surface area (Å²) in [5, 5.41) is -3.47. The number of sulfonamides is 4. The lowest BCUT2D eigenvalue weighted by Gasteiger charge is -2.30. The fourth-order valence-corrected chi connectivity index (χ4v) is 21.2. The van der Waals surface area contributed by atoms with Crippen LogP contribution in [0.25, 0.3) is 0 Å². The summed E-state index contributed by atoms with van der Waals surface area (Å²) in [6.07, 6.45) is 9.93. The van der Waals surface area contributed by atoms with Crippen molar-refractivity contribution >= 4 is 40.1 Å². The molecule has 4 heterocycles. The first-order valence-electron chi connectivity index (χ1n) is 45.3. The summed E-state index contributed by atoms with van der Waals surface area (Å²) in [6, 6.07) is 61.3. The average Bonchev–Trinajstić information content (AvgIpc) is 0.802. The molecule has 8 aromatic carbocycles. The number of methoxy groups -OCH3 is 4. The van der Waals surface area contributed by atoms with Crippen LogP contribution in [-0.2, 0) is 111 Å². The van der Waals surface area contributed by atoms with E-state index in [0.717, 1.165) is 113 Å². The summed E-state index contributed by atoms with van der Waals surface area (Å²) in [7, 11) is -8.76. The standard InChI is InChI=1S/4C26H33N3O4S/c4*1-6-33-26(25-16-27-20(3)15-28-25)21(4)34(30,31)29(17-22-9-7-19(2)8-10-22)18-23-11-13-24(32-5)14-12-23/h4*7-16,21,26H,6,17-18H2,1-5H3/t2*21-,26+;2*21-,26-/m1010/s1. The van der Waals surface area contributed by atoms with Gasteiger partial charge >= 0.3 is 0 Å². The van der Waals surface area contributed by atoms with Crippen LogP contribution in [0.4, 0.5) is 0 Å². The topological polar surface area (TPSA) is 326 Å². The molecule has 0 saturated carbocycles. The first-order chi connectivity index (χ1) is 65.0. The molecule has 4 aromatic heterocycles. The fourth-order valence-electron chi connectivity index (χ4n) is 14.6. The normalized spacial score (nSPS) is 13.6. The van der Waals surface area contributed by atoms with Gasteiger partial charge in [0.15, 0.2) is 0 Å². The molecule has 0 aliphatic rings. The molecule has 0 aliphatic heterocycles. The Kier molecular flexibility index (Phi) is 41.7. The molecule has 8 atom stereocenters. The van der Waals surface area contributed by atoms with Gasteiger partial charge in [0.2, 0.25) is 40.1 Å².